The van der Waals surface area contributed by atoms with Gasteiger partial charge >= 0.3 is 5.97 Å². The van der Waals surface area contributed by atoms with E-state index < -0.39 is 23.2 Å². The summed E-state index contributed by atoms with van der Waals surface area (Å²) in [5.74, 6) is -1.66. The summed E-state index contributed by atoms with van der Waals surface area (Å²) in [6.45, 7) is 1.56. The Morgan fingerprint density at radius 3 is 2.52 bits per heavy atom. The predicted molar refractivity (Wildman–Crippen MR) is 105 cm³/mol. The van der Waals surface area contributed by atoms with Gasteiger partial charge in [-0.1, -0.05) is 11.6 Å². The quantitative estimate of drug-likeness (QED) is 0.502. The van der Waals surface area contributed by atoms with Crippen LogP contribution in [-0.2, 0) is 16.0 Å². The molecule has 0 unspecified atom stereocenters. The van der Waals surface area contributed by atoms with Crippen molar-refractivity contribution in [3.63, 3.8) is 0 Å². The Morgan fingerprint density at radius 1 is 1.21 bits per heavy atom. The Hall–Kier alpha value is -3.26. The second kappa shape index (κ2) is 8.40. The van der Waals surface area contributed by atoms with Crippen molar-refractivity contribution in [1.82, 2.24) is 9.78 Å². The number of ether oxygens (including phenoxy) is 1. The van der Waals surface area contributed by atoms with Crippen molar-refractivity contribution in [3.05, 3.63) is 80.7 Å². The van der Waals surface area contributed by atoms with Crippen LogP contribution >= 0.6 is 11.6 Å². The van der Waals surface area contributed by atoms with Crippen molar-refractivity contribution >= 4 is 29.0 Å². The van der Waals surface area contributed by atoms with Crippen molar-refractivity contribution in [3.8, 4) is 5.69 Å². The first-order valence-corrected chi connectivity index (χ1v) is 8.85. The van der Waals surface area contributed by atoms with E-state index in [-0.39, 0.29) is 34.1 Å². The number of hydrogen-bond donors (Lipinski definition) is 1. The van der Waals surface area contributed by atoms with Crippen LogP contribution in [-0.4, -0.2) is 28.6 Å². The molecule has 9 heteroatoms. The predicted octanol–water partition coefficient (Wildman–Crippen LogP) is 3.95. The smallest absolute Gasteiger partial charge is 0.311 e. The molecule has 2 aromatic carbocycles. The number of H-pyrrole nitrogens is 1. The zero-order chi connectivity index (χ0) is 21.1. The van der Waals surface area contributed by atoms with Gasteiger partial charge in [-0.05, 0) is 43.3 Å². The molecule has 0 aliphatic rings. The molecular formula is C20H16ClF2N3O3. The Balaban J connectivity index is 2.13. The monoisotopic (exact) mass is 419 g/mol. The van der Waals surface area contributed by atoms with Gasteiger partial charge in [-0.15, -0.1) is 0 Å². The van der Waals surface area contributed by atoms with Crippen LogP contribution in [0.4, 0.5) is 14.5 Å². The lowest BCUT2D eigenvalue weighted by atomic mass is 10.1. The van der Waals surface area contributed by atoms with Crippen LogP contribution < -0.4 is 5.56 Å². The molecule has 1 heterocycles. The van der Waals surface area contributed by atoms with Crippen molar-refractivity contribution < 1.29 is 18.3 Å². The second-order valence-corrected chi connectivity index (χ2v) is 6.54. The van der Waals surface area contributed by atoms with Crippen LogP contribution in [0.25, 0.3) is 5.69 Å². The molecule has 0 saturated heterocycles. The number of carbonyl (C=O) groups is 1. The van der Waals surface area contributed by atoms with Gasteiger partial charge in [-0.3, -0.25) is 19.7 Å². The molecule has 0 fully saturated rings. The number of hydrogen-bond acceptors (Lipinski definition) is 4. The Kier molecular flexibility index (Phi) is 5.93. The Bertz CT molecular complexity index is 1150. The normalized spacial score (nSPS) is 11.6. The lowest BCUT2D eigenvalue weighted by Crippen LogP contribution is -2.20. The first-order valence-electron chi connectivity index (χ1n) is 8.47. The van der Waals surface area contributed by atoms with E-state index in [9.17, 15) is 18.4 Å². The fraction of sp³-hybridized carbons (Fsp3) is 0.150. The Morgan fingerprint density at radius 2 is 1.90 bits per heavy atom. The van der Waals surface area contributed by atoms with Gasteiger partial charge in [0.2, 0.25) is 0 Å². The summed E-state index contributed by atoms with van der Waals surface area (Å²) < 4.78 is 32.8. The molecule has 0 aliphatic heterocycles. The number of esters is 1. The molecule has 0 radical (unpaired) electrons. The van der Waals surface area contributed by atoms with Gasteiger partial charge < -0.3 is 4.74 Å². The lowest BCUT2D eigenvalue weighted by molar-refractivity contribution is -0.139. The standard InChI is InChI=1S/C20H16ClF2N3O3/c1-11(24-13-5-8-15(21)16(23)9-13)19-17(10-18(27)29-2)25-26(20(19)28)14-6-3-12(22)4-7-14/h3-9,25H,10H2,1-2H3. The zero-order valence-corrected chi connectivity index (χ0v) is 16.3. The summed E-state index contributed by atoms with van der Waals surface area (Å²) in [6.07, 6.45) is -0.211. The average molecular weight is 420 g/mol. The minimum atomic E-state index is -0.645. The van der Waals surface area contributed by atoms with E-state index in [1.807, 2.05) is 0 Å². The third kappa shape index (κ3) is 4.43. The maximum absolute atomic E-state index is 13.7. The van der Waals surface area contributed by atoms with E-state index in [0.717, 1.165) is 6.07 Å². The van der Waals surface area contributed by atoms with Gasteiger partial charge in [0.05, 0.1) is 46.9 Å². The average Bonchev–Trinajstić information content (AvgIpc) is 3.01. The summed E-state index contributed by atoms with van der Waals surface area (Å²) in [5, 5.41) is 2.80. The molecule has 1 N–H and O–H groups in total. The molecule has 3 rings (SSSR count). The summed E-state index contributed by atoms with van der Waals surface area (Å²) in [5.41, 5.74) is 0.789. The minimum absolute atomic E-state index is 0.0479. The number of aliphatic imine (C=N–C) groups is 1. The number of halogens is 3. The number of carbonyl (C=O) groups excluding carboxylic acids is 1. The molecule has 3 aromatic rings. The molecule has 150 valence electrons. The number of benzene rings is 2. The number of nitrogens with zero attached hydrogens (tertiary/aromatic N) is 2. The molecule has 0 bridgehead atoms. The van der Waals surface area contributed by atoms with Crippen molar-refractivity contribution in [2.45, 2.75) is 13.3 Å². The van der Waals surface area contributed by atoms with Crippen molar-refractivity contribution in [1.29, 1.82) is 0 Å². The van der Waals surface area contributed by atoms with E-state index in [1.165, 1.54) is 48.2 Å². The van der Waals surface area contributed by atoms with Crippen LogP contribution in [0.3, 0.4) is 0 Å². The highest BCUT2D eigenvalue weighted by Gasteiger charge is 2.20. The molecule has 0 spiro atoms. The SMILES string of the molecule is COC(=O)Cc1[nH]n(-c2ccc(F)cc2)c(=O)c1C(C)=Nc1ccc(Cl)c(F)c1. The number of rotatable bonds is 5. The van der Waals surface area contributed by atoms with Gasteiger partial charge in [0.25, 0.3) is 5.56 Å². The fourth-order valence-corrected chi connectivity index (χ4v) is 2.89. The molecule has 0 amide bonds. The van der Waals surface area contributed by atoms with Crippen LogP contribution in [0.2, 0.25) is 5.02 Å². The number of aromatic amines is 1. The van der Waals surface area contributed by atoms with Crippen molar-refractivity contribution in [2.24, 2.45) is 4.99 Å². The third-order valence-electron chi connectivity index (χ3n) is 4.16. The first kappa shape index (κ1) is 20.5. The van der Waals surface area contributed by atoms with E-state index >= 15 is 0 Å². The maximum atomic E-state index is 13.7. The lowest BCUT2D eigenvalue weighted by Gasteiger charge is -2.02. The van der Waals surface area contributed by atoms with E-state index in [2.05, 4.69) is 14.8 Å². The summed E-state index contributed by atoms with van der Waals surface area (Å²) >= 11 is 5.68. The Labute approximate surface area is 169 Å². The number of nitrogens with one attached hydrogen (secondary N) is 1. The van der Waals surface area contributed by atoms with Crippen molar-refractivity contribution in [2.75, 3.05) is 7.11 Å². The summed E-state index contributed by atoms with van der Waals surface area (Å²) in [6, 6.07) is 9.24. The molecule has 0 saturated carbocycles. The van der Waals surface area contributed by atoms with E-state index in [0.29, 0.717) is 5.69 Å². The molecule has 0 atom stereocenters. The zero-order valence-electron chi connectivity index (χ0n) is 15.5. The van der Waals surface area contributed by atoms with E-state index in [4.69, 9.17) is 11.6 Å². The van der Waals surface area contributed by atoms with E-state index in [1.54, 1.807) is 6.92 Å². The minimum Gasteiger partial charge on any atom is -0.469 e. The second-order valence-electron chi connectivity index (χ2n) is 6.13. The van der Waals surface area contributed by atoms with Gasteiger partial charge in [0, 0.05) is 6.07 Å². The van der Waals surface area contributed by atoms with Gasteiger partial charge in [0.1, 0.15) is 11.6 Å². The van der Waals surface area contributed by atoms with Gasteiger partial charge in [-0.25, -0.2) is 13.5 Å². The maximum Gasteiger partial charge on any atom is 0.311 e. The fourth-order valence-electron chi connectivity index (χ4n) is 2.78. The molecule has 1 aromatic heterocycles. The highest BCUT2D eigenvalue weighted by Crippen LogP contribution is 2.22. The molecule has 6 nitrogen and oxygen atoms in total. The number of aromatic nitrogens is 2. The van der Waals surface area contributed by atoms with Gasteiger partial charge in [0.15, 0.2) is 0 Å². The van der Waals surface area contributed by atoms with Gasteiger partial charge in [-0.2, -0.15) is 0 Å². The van der Waals surface area contributed by atoms with Crippen LogP contribution in [0.5, 0.6) is 0 Å². The first-order chi connectivity index (χ1) is 13.8. The highest BCUT2D eigenvalue weighted by molar-refractivity contribution is 6.30. The third-order valence-corrected chi connectivity index (χ3v) is 4.47. The molecule has 29 heavy (non-hydrogen) atoms. The van der Waals surface area contributed by atoms with Crippen LogP contribution in [0.15, 0.2) is 52.3 Å². The summed E-state index contributed by atoms with van der Waals surface area (Å²) in [4.78, 5) is 29.1. The largest absolute Gasteiger partial charge is 0.469 e. The topological polar surface area (TPSA) is 76.5 Å². The number of methoxy groups -OCH3 is 1. The molecular weight excluding hydrogens is 404 g/mol. The molecule has 0 aliphatic carbocycles. The van der Waals surface area contributed by atoms with Crippen LogP contribution in [0.1, 0.15) is 18.2 Å². The van der Waals surface area contributed by atoms with Crippen LogP contribution in [0, 0.1) is 11.6 Å². The highest BCUT2D eigenvalue weighted by atomic mass is 35.5. The summed E-state index contributed by atoms with van der Waals surface area (Å²) in [7, 11) is 1.23.